The van der Waals surface area contributed by atoms with Crippen molar-refractivity contribution in [1.82, 2.24) is 24.5 Å². The molecule has 0 saturated heterocycles. The number of carbonyl (C=O) groups is 1. The summed E-state index contributed by atoms with van der Waals surface area (Å²) in [5.41, 5.74) is 2.16. The molecule has 0 fully saturated rings. The van der Waals surface area contributed by atoms with E-state index in [9.17, 15) is 9.90 Å². The minimum Gasteiger partial charge on any atom is -0.393 e. The highest BCUT2D eigenvalue weighted by Crippen LogP contribution is 2.18. The van der Waals surface area contributed by atoms with Crippen molar-refractivity contribution in [3.8, 4) is 0 Å². The van der Waals surface area contributed by atoms with E-state index in [1.54, 1.807) is 20.3 Å². The SMILES string of the molecule is O=C(Cn1cc2ccccc2n1)N1CCn2nc([C@@H](O)CO)cc2C1. The van der Waals surface area contributed by atoms with Crippen LogP contribution in [0.4, 0.5) is 0 Å². The predicted octanol–water partition coefficient (Wildman–Crippen LogP) is 0.301. The number of rotatable bonds is 4. The molecular weight excluding hydrogens is 322 g/mol. The second-order valence-electron chi connectivity index (χ2n) is 6.18. The van der Waals surface area contributed by atoms with E-state index < -0.39 is 6.10 Å². The quantitative estimate of drug-likeness (QED) is 0.711. The Morgan fingerprint density at radius 3 is 2.88 bits per heavy atom. The van der Waals surface area contributed by atoms with Gasteiger partial charge in [-0.25, -0.2) is 0 Å². The van der Waals surface area contributed by atoms with Gasteiger partial charge < -0.3 is 15.1 Å². The topological polar surface area (TPSA) is 96.4 Å². The first kappa shape index (κ1) is 15.8. The molecule has 0 radical (unpaired) electrons. The van der Waals surface area contributed by atoms with Crippen molar-refractivity contribution in [3.05, 3.63) is 47.9 Å². The molecule has 2 N–H and O–H groups in total. The normalized spacial score (nSPS) is 15.4. The molecule has 0 spiro atoms. The molecule has 3 aromatic rings. The van der Waals surface area contributed by atoms with Crippen LogP contribution in [-0.4, -0.2) is 53.7 Å². The van der Waals surface area contributed by atoms with Gasteiger partial charge in [-0.1, -0.05) is 18.2 Å². The minimum absolute atomic E-state index is 0.00971. The lowest BCUT2D eigenvalue weighted by Crippen LogP contribution is -2.40. The number of hydrogen-bond acceptors (Lipinski definition) is 5. The first-order valence-corrected chi connectivity index (χ1v) is 8.19. The molecule has 8 heteroatoms. The summed E-state index contributed by atoms with van der Waals surface area (Å²) >= 11 is 0. The zero-order valence-corrected chi connectivity index (χ0v) is 13.6. The summed E-state index contributed by atoms with van der Waals surface area (Å²) in [5, 5.41) is 28.4. The summed E-state index contributed by atoms with van der Waals surface area (Å²) in [6, 6.07) is 9.50. The van der Waals surface area contributed by atoms with E-state index in [1.165, 1.54) is 0 Å². The van der Waals surface area contributed by atoms with Crippen LogP contribution in [-0.2, 0) is 24.4 Å². The van der Waals surface area contributed by atoms with E-state index in [2.05, 4.69) is 10.2 Å². The molecule has 1 aliphatic rings. The average Bonchev–Trinajstić information content (AvgIpc) is 3.23. The van der Waals surface area contributed by atoms with Crippen molar-refractivity contribution in [2.75, 3.05) is 13.2 Å². The summed E-state index contributed by atoms with van der Waals surface area (Å²) in [4.78, 5) is 14.4. The summed E-state index contributed by atoms with van der Waals surface area (Å²) < 4.78 is 3.44. The van der Waals surface area contributed by atoms with E-state index in [0.29, 0.717) is 25.3 Å². The zero-order chi connectivity index (χ0) is 17.4. The van der Waals surface area contributed by atoms with Crippen molar-refractivity contribution >= 4 is 16.8 Å². The van der Waals surface area contributed by atoms with Crippen molar-refractivity contribution in [1.29, 1.82) is 0 Å². The average molecular weight is 341 g/mol. The summed E-state index contributed by atoms with van der Waals surface area (Å²) in [6.07, 6.45) is 0.885. The van der Waals surface area contributed by atoms with Crippen LogP contribution in [0.15, 0.2) is 36.5 Å². The molecule has 0 saturated carbocycles. The van der Waals surface area contributed by atoms with Crippen LogP contribution in [0.2, 0.25) is 0 Å². The number of aromatic nitrogens is 4. The predicted molar refractivity (Wildman–Crippen MR) is 89.4 cm³/mol. The van der Waals surface area contributed by atoms with E-state index >= 15 is 0 Å². The van der Waals surface area contributed by atoms with Gasteiger partial charge in [-0.2, -0.15) is 10.2 Å². The third-order valence-corrected chi connectivity index (χ3v) is 4.44. The highest BCUT2D eigenvalue weighted by Gasteiger charge is 2.24. The molecule has 25 heavy (non-hydrogen) atoms. The van der Waals surface area contributed by atoms with Crippen molar-refractivity contribution in [2.24, 2.45) is 0 Å². The van der Waals surface area contributed by atoms with Crippen molar-refractivity contribution in [3.63, 3.8) is 0 Å². The fourth-order valence-electron chi connectivity index (χ4n) is 3.09. The number of amides is 1. The fourth-order valence-corrected chi connectivity index (χ4v) is 3.09. The van der Waals surface area contributed by atoms with Gasteiger partial charge in [-0.15, -0.1) is 0 Å². The van der Waals surface area contributed by atoms with Crippen molar-refractivity contribution < 1.29 is 15.0 Å². The van der Waals surface area contributed by atoms with Gasteiger partial charge in [0.1, 0.15) is 12.6 Å². The van der Waals surface area contributed by atoms with E-state index in [1.807, 2.05) is 30.5 Å². The molecule has 4 rings (SSSR count). The van der Waals surface area contributed by atoms with E-state index in [-0.39, 0.29) is 19.1 Å². The van der Waals surface area contributed by atoms with Gasteiger partial charge in [0.05, 0.1) is 36.6 Å². The molecule has 1 atom stereocenters. The highest BCUT2D eigenvalue weighted by molar-refractivity contribution is 5.79. The molecule has 2 aromatic heterocycles. The highest BCUT2D eigenvalue weighted by atomic mass is 16.3. The molecule has 1 aliphatic heterocycles. The van der Waals surface area contributed by atoms with Gasteiger partial charge in [0.2, 0.25) is 5.91 Å². The second kappa shape index (κ2) is 6.30. The first-order valence-electron chi connectivity index (χ1n) is 8.19. The Bertz CT molecular complexity index is 883. The maximum Gasteiger partial charge on any atom is 0.244 e. The van der Waals surface area contributed by atoms with Gasteiger partial charge in [-0.3, -0.25) is 14.2 Å². The number of aliphatic hydroxyl groups excluding tert-OH is 2. The monoisotopic (exact) mass is 341 g/mol. The largest absolute Gasteiger partial charge is 0.393 e. The summed E-state index contributed by atoms with van der Waals surface area (Å²) in [7, 11) is 0. The smallest absolute Gasteiger partial charge is 0.244 e. The molecule has 1 amide bonds. The van der Waals surface area contributed by atoms with Gasteiger partial charge >= 0.3 is 0 Å². The number of benzene rings is 1. The molecule has 3 heterocycles. The maximum absolute atomic E-state index is 12.6. The Hall–Kier alpha value is -2.71. The van der Waals surface area contributed by atoms with Gasteiger partial charge in [-0.05, 0) is 12.1 Å². The summed E-state index contributed by atoms with van der Waals surface area (Å²) in [5.74, 6) is -0.00971. The molecule has 130 valence electrons. The molecule has 0 unspecified atom stereocenters. The number of fused-ring (bicyclic) bond motifs is 2. The van der Waals surface area contributed by atoms with Gasteiger partial charge in [0.15, 0.2) is 0 Å². The molecular formula is C17H19N5O3. The van der Waals surface area contributed by atoms with E-state index in [4.69, 9.17) is 5.11 Å². The lowest BCUT2D eigenvalue weighted by Gasteiger charge is -2.27. The molecule has 0 bridgehead atoms. The molecule has 8 nitrogen and oxygen atoms in total. The van der Waals surface area contributed by atoms with Gasteiger partial charge in [0, 0.05) is 18.1 Å². The lowest BCUT2D eigenvalue weighted by molar-refractivity contribution is -0.133. The number of hydrogen-bond donors (Lipinski definition) is 2. The fraction of sp³-hybridized carbons (Fsp3) is 0.353. The van der Waals surface area contributed by atoms with Crippen LogP contribution in [0, 0.1) is 0 Å². The van der Waals surface area contributed by atoms with E-state index in [0.717, 1.165) is 16.6 Å². The van der Waals surface area contributed by atoms with Crippen LogP contribution in [0.5, 0.6) is 0 Å². The number of carbonyl (C=O) groups excluding carboxylic acids is 1. The Labute approximate surface area is 143 Å². The third kappa shape index (κ3) is 3.01. The van der Waals surface area contributed by atoms with Crippen LogP contribution in [0.1, 0.15) is 17.5 Å². The Morgan fingerprint density at radius 2 is 2.08 bits per heavy atom. The third-order valence-electron chi connectivity index (χ3n) is 4.44. The van der Waals surface area contributed by atoms with Crippen LogP contribution < -0.4 is 0 Å². The van der Waals surface area contributed by atoms with Crippen molar-refractivity contribution in [2.45, 2.75) is 25.7 Å². The number of aliphatic hydroxyl groups is 2. The summed E-state index contributed by atoms with van der Waals surface area (Å²) in [6.45, 7) is 1.38. The molecule has 0 aliphatic carbocycles. The zero-order valence-electron chi connectivity index (χ0n) is 13.6. The van der Waals surface area contributed by atoms with Crippen LogP contribution >= 0.6 is 0 Å². The lowest BCUT2D eigenvalue weighted by atomic mass is 10.2. The van der Waals surface area contributed by atoms with Crippen LogP contribution in [0.3, 0.4) is 0 Å². The van der Waals surface area contributed by atoms with Crippen LogP contribution in [0.25, 0.3) is 10.9 Å². The maximum atomic E-state index is 12.6. The second-order valence-corrected chi connectivity index (χ2v) is 6.18. The first-order chi connectivity index (χ1) is 12.1. The Morgan fingerprint density at radius 1 is 1.24 bits per heavy atom. The standard InChI is InChI=1S/C17H19N5O3/c23-11-16(24)15-7-13-9-20(5-6-22(13)19-15)17(25)10-21-8-12-3-1-2-4-14(12)18-21/h1-4,7-8,16,23-24H,5-6,9-11H2/t16-/m0/s1. The minimum atomic E-state index is -0.987. The molecule has 1 aromatic carbocycles. The van der Waals surface area contributed by atoms with Gasteiger partial charge in [0.25, 0.3) is 0 Å². The number of nitrogens with zero attached hydrogens (tertiary/aromatic N) is 5. The Kier molecular flexibility index (Phi) is 3.98. The Balaban J connectivity index is 1.47.